The fourth-order valence-electron chi connectivity index (χ4n) is 0.603. The predicted molar refractivity (Wildman–Crippen MR) is 53.9 cm³/mol. The van der Waals surface area contributed by atoms with E-state index in [4.69, 9.17) is 0 Å². The highest BCUT2D eigenvalue weighted by atomic mass is 127. The van der Waals surface area contributed by atoms with E-state index >= 15 is 0 Å². The number of alkyl halides is 3. The Bertz CT molecular complexity index is 256. The molecule has 0 heterocycles. The molecule has 0 atom stereocenters. The highest BCUT2D eigenvalue weighted by Crippen LogP contribution is 2.26. The Labute approximate surface area is 92.9 Å². The lowest BCUT2D eigenvalue weighted by Gasteiger charge is -2.06. The van der Waals surface area contributed by atoms with Crippen LogP contribution in [0.5, 0.6) is 0 Å². The molecule has 0 amide bonds. The van der Waals surface area contributed by atoms with Gasteiger partial charge >= 0.3 is 12.1 Å². The molecule has 0 fully saturated rings. The maximum Gasteiger partial charge on any atom is 0.416 e. The molecule has 0 aliphatic carbocycles. The van der Waals surface area contributed by atoms with Crippen molar-refractivity contribution < 1.29 is 22.7 Å². The normalized spacial score (nSPS) is 13.4. The number of allylic oxidation sites excluding steroid dienone is 2. The molecule has 0 bridgehead atoms. The predicted octanol–water partition coefficient (Wildman–Crippen LogP) is 2.99. The maximum absolute atomic E-state index is 12.2. The summed E-state index contributed by atoms with van der Waals surface area (Å²) in [4.78, 5) is 10.7. The molecule has 0 aliphatic rings. The third kappa shape index (κ3) is 5.25. The summed E-state index contributed by atoms with van der Waals surface area (Å²) >= 11 is 1.64. The van der Waals surface area contributed by atoms with Gasteiger partial charge in [-0.2, -0.15) is 13.2 Å². The summed E-state index contributed by atoms with van der Waals surface area (Å²) < 4.78 is 42.1. The molecule has 0 aromatic rings. The van der Waals surface area contributed by atoms with Crippen LogP contribution in [0.15, 0.2) is 21.8 Å². The molecule has 6 heteroatoms. The van der Waals surface area contributed by atoms with Crippen LogP contribution in [0, 0.1) is 0 Å². The maximum atomic E-state index is 12.2. The van der Waals surface area contributed by atoms with Crippen LogP contribution in [0.4, 0.5) is 13.2 Å². The first-order valence-electron chi connectivity index (χ1n) is 3.64. The van der Waals surface area contributed by atoms with E-state index in [1.165, 1.54) is 11.0 Å². The molecule has 0 aromatic heterocycles. The number of carbonyl (C=O) groups is 1. The lowest BCUT2D eigenvalue weighted by Crippen LogP contribution is -2.12. The second kappa shape index (κ2) is 6.05. The molecule has 0 rings (SSSR count). The van der Waals surface area contributed by atoms with Crippen LogP contribution in [0.2, 0.25) is 0 Å². The summed E-state index contributed by atoms with van der Waals surface area (Å²) in [5.74, 6) is -0.991. The van der Waals surface area contributed by atoms with Gasteiger partial charge in [-0.1, -0.05) is 22.6 Å². The summed E-state index contributed by atoms with van der Waals surface area (Å²) in [7, 11) is 0. The monoisotopic (exact) mass is 320 g/mol. The third-order valence-corrected chi connectivity index (χ3v) is 1.49. The van der Waals surface area contributed by atoms with Gasteiger partial charge < -0.3 is 4.74 Å². The van der Waals surface area contributed by atoms with Gasteiger partial charge in [0.2, 0.25) is 0 Å². The van der Waals surface area contributed by atoms with Gasteiger partial charge in [-0.15, -0.1) is 0 Å². The Morgan fingerprint density at radius 1 is 1.50 bits per heavy atom. The molecule has 0 unspecified atom stereocenters. The van der Waals surface area contributed by atoms with Crippen molar-refractivity contribution in [1.29, 1.82) is 0 Å². The summed E-state index contributed by atoms with van der Waals surface area (Å²) in [5, 5.41) is 0. The van der Waals surface area contributed by atoms with E-state index in [-0.39, 0.29) is 6.61 Å². The minimum Gasteiger partial charge on any atom is -0.463 e. The first-order chi connectivity index (χ1) is 6.41. The Morgan fingerprint density at radius 3 is 2.43 bits per heavy atom. The molecule has 0 aliphatic heterocycles. The molecule has 14 heavy (non-hydrogen) atoms. The Hall–Kier alpha value is -0.530. The van der Waals surface area contributed by atoms with Gasteiger partial charge in [0.1, 0.15) is 0 Å². The highest BCUT2D eigenvalue weighted by Gasteiger charge is 2.32. The summed E-state index contributed by atoms with van der Waals surface area (Å²) in [6, 6.07) is 0. The minimum absolute atomic E-state index is 0.0500. The number of halogens is 4. The van der Waals surface area contributed by atoms with Gasteiger partial charge in [-0.05, 0) is 17.1 Å². The van der Waals surface area contributed by atoms with Crippen LogP contribution >= 0.6 is 22.6 Å². The van der Waals surface area contributed by atoms with E-state index in [0.717, 1.165) is 6.08 Å². The summed E-state index contributed by atoms with van der Waals surface area (Å²) in [6.45, 7) is 1.57. The lowest BCUT2D eigenvalue weighted by molar-refractivity contribution is -0.138. The quantitative estimate of drug-likeness (QED) is 0.346. The van der Waals surface area contributed by atoms with Crippen LogP contribution < -0.4 is 0 Å². The number of esters is 1. The van der Waals surface area contributed by atoms with Gasteiger partial charge in [0.15, 0.2) is 0 Å². The van der Waals surface area contributed by atoms with Crippen molar-refractivity contribution in [2.75, 3.05) is 6.61 Å². The van der Waals surface area contributed by atoms with E-state index < -0.39 is 17.7 Å². The van der Waals surface area contributed by atoms with E-state index in [1.54, 1.807) is 22.6 Å². The summed E-state index contributed by atoms with van der Waals surface area (Å²) in [5.41, 5.74) is -1.02. The zero-order valence-electron chi connectivity index (χ0n) is 7.27. The van der Waals surface area contributed by atoms with E-state index in [1.807, 2.05) is 0 Å². The number of hydrogen-bond donors (Lipinski definition) is 0. The van der Waals surface area contributed by atoms with Crippen molar-refractivity contribution >= 4 is 28.6 Å². The zero-order chi connectivity index (χ0) is 11.2. The molecule has 0 saturated carbocycles. The van der Waals surface area contributed by atoms with Crippen LogP contribution in [0.1, 0.15) is 6.92 Å². The number of rotatable bonds is 3. The molecule has 0 radical (unpaired) electrons. The molecule has 80 valence electrons. The van der Waals surface area contributed by atoms with Gasteiger partial charge in [0.05, 0.1) is 12.2 Å². The van der Waals surface area contributed by atoms with Gasteiger partial charge in [-0.3, -0.25) is 0 Å². The van der Waals surface area contributed by atoms with Crippen LogP contribution in [-0.4, -0.2) is 18.8 Å². The molecule has 0 N–H and O–H groups in total. The first-order valence-corrected chi connectivity index (χ1v) is 4.88. The number of carbonyl (C=O) groups excluding carboxylic acids is 1. The zero-order valence-corrected chi connectivity index (χ0v) is 9.43. The topological polar surface area (TPSA) is 26.3 Å². The average Bonchev–Trinajstić information content (AvgIpc) is 2.02. The standard InChI is InChI=1S/C8H8F3IO2/c1-2-14-7(13)5-6(3-4-12)8(9,10)11/h3-5H,2H2,1H3/b4-3+,6-5+. The van der Waals surface area contributed by atoms with Crippen molar-refractivity contribution in [3.8, 4) is 0 Å². The van der Waals surface area contributed by atoms with Crippen molar-refractivity contribution in [2.24, 2.45) is 0 Å². The second-order valence-corrected chi connectivity index (χ2v) is 2.86. The Morgan fingerprint density at radius 2 is 2.07 bits per heavy atom. The van der Waals surface area contributed by atoms with Crippen molar-refractivity contribution in [3.63, 3.8) is 0 Å². The van der Waals surface area contributed by atoms with Crippen LogP contribution in [-0.2, 0) is 9.53 Å². The molecule has 0 spiro atoms. The fourth-order valence-corrected chi connectivity index (χ4v) is 0.991. The second-order valence-electron chi connectivity index (χ2n) is 2.14. The van der Waals surface area contributed by atoms with Gasteiger partial charge in [-0.25, -0.2) is 4.79 Å². The van der Waals surface area contributed by atoms with Crippen LogP contribution in [0.3, 0.4) is 0 Å². The average molecular weight is 320 g/mol. The highest BCUT2D eigenvalue weighted by molar-refractivity contribution is 14.1. The van der Waals surface area contributed by atoms with Crippen molar-refractivity contribution in [2.45, 2.75) is 13.1 Å². The van der Waals surface area contributed by atoms with E-state index in [0.29, 0.717) is 6.08 Å². The van der Waals surface area contributed by atoms with Crippen molar-refractivity contribution in [3.05, 3.63) is 21.8 Å². The number of hydrogen-bond acceptors (Lipinski definition) is 2. The van der Waals surface area contributed by atoms with Gasteiger partial charge in [0.25, 0.3) is 0 Å². The molecular formula is C8H8F3IO2. The largest absolute Gasteiger partial charge is 0.463 e. The lowest BCUT2D eigenvalue weighted by atomic mass is 10.2. The van der Waals surface area contributed by atoms with Crippen molar-refractivity contribution in [1.82, 2.24) is 0 Å². The molecule has 0 aromatic carbocycles. The summed E-state index contributed by atoms with van der Waals surface area (Å²) in [6.07, 6.45) is -3.30. The SMILES string of the molecule is CCOC(=O)/C=C(\C=C\I)C(F)(F)F. The Kier molecular flexibility index (Phi) is 5.82. The van der Waals surface area contributed by atoms with E-state index in [2.05, 4.69) is 4.74 Å². The first kappa shape index (κ1) is 13.5. The van der Waals surface area contributed by atoms with Crippen LogP contribution in [0.25, 0.3) is 0 Å². The van der Waals surface area contributed by atoms with Gasteiger partial charge in [0, 0.05) is 6.08 Å². The molecule has 2 nitrogen and oxygen atoms in total. The smallest absolute Gasteiger partial charge is 0.416 e. The van der Waals surface area contributed by atoms with E-state index in [9.17, 15) is 18.0 Å². The number of ether oxygens (including phenoxy) is 1. The fraction of sp³-hybridized carbons (Fsp3) is 0.375. The minimum atomic E-state index is -4.53. The third-order valence-electron chi connectivity index (χ3n) is 1.13. The molecular weight excluding hydrogens is 312 g/mol. The Balaban J connectivity index is 4.74. The molecule has 0 saturated heterocycles.